The average Bonchev–Trinajstić information content (AvgIpc) is 2.26. The summed E-state index contributed by atoms with van der Waals surface area (Å²) in [4.78, 5) is 11.7. The van der Waals surface area contributed by atoms with E-state index < -0.39 is 16.1 Å². The number of hydrogen-bond donors (Lipinski definition) is 1. The fourth-order valence-electron chi connectivity index (χ4n) is 1.41. The number of alkyl halides is 4. The van der Waals surface area contributed by atoms with E-state index >= 15 is 0 Å². The molecule has 1 aromatic rings. The van der Waals surface area contributed by atoms with Gasteiger partial charge in [-0.05, 0) is 38.5 Å². The van der Waals surface area contributed by atoms with Gasteiger partial charge in [-0.3, -0.25) is 4.79 Å². The maximum absolute atomic E-state index is 12.4. The minimum absolute atomic E-state index is 0.222. The highest BCUT2D eigenvalue weighted by molar-refractivity contribution is 9.10. The van der Waals surface area contributed by atoms with E-state index in [1.807, 2.05) is 0 Å². The zero-order chi connectivity index (χ0) is 14.8. The number of hydrogen-bond acceptors (Lipinski definition) is 1. The first-order chi connectivity index (χ1) is 8.51. The number of halogens is 4. The van der Waals surface area contributed by atoms with Gasteiger partial charge in [0.25, 0.3) is 0 Å². The van der Waals surface area contributed by atoms with E-state index in [0.29, 0.717) is 5.56 Å². The quantitative estimate of drug-likeness (QED) is 0.828. The van der Waals surface area contributed by atoms with E-state index in [9.17, 15) is 18.0 Å². The summed E-state index contributed by atoms with van der Waals surface area (Å²) in [6, 6.07) is 4.41. The van der Waals surface area contributed by atoms with Gasteiger partial charge in [-0.25, -0.2) is 0 Å². The van der Waals surface area contributed by atoms with Crippen LogP contribution in [0.4, 0.5) is 13.2 Å². The first-order valence-electron chi connectivity index (χ1n) is 5.69. The second-order valence-corrected chi connectivity index (χ2v) is 6.77. The Labute approximate surface area is 118 Å². The third kappa shape index (κ3) is 4.53. The average molecular weight is 338 g/mol. The Morgan fingerprint density at radius 3 is 2.05 bits per heavy atom. The molecule has 1 atom stereocenters. The first kappa shape index (κ1) is 16.0. The molecule has 0 aliphatic heterocycles. The largest absolute Gasteiger partial charge is 0.416 e. The van der Waals surface area contributed by atoms with Crippen LogP contribution in [-0.4, -0.2) is 10.2 Å². The van der Waals surface area contributed by atoms with Crippen molar-refractivity contribution in [3.05, 3.63) is 35.4 Å². The van der Waals surface area contributed by atoms with Crippen molar-refractivity contribution >= 4 is 21.8 Å². The Hall–Kier alpha value is -1.04. The molecule has 1 N–H and O–H groups in total. The molecule has 1 unspecified atom stereocenters. The van der Waals surface area contributed by atoms with Gasteiger partial charge in [0.1, 0.15) is 0 Å². The van der Waals surface area contributed by atoms with Crippen molar-refractivity contribution in [3.8, 4) is 0 Å². The minimum Gasteiger partial charge on any atom is -0.348 e. The Bertz CT molecular complexity index is 448. The van der Waals surface area contributed by atoms with Crippen molar-refractivity contribution in [1.82, 2.24) is 5.32 Å². The van der Waals surface area contributed by atoms with Crippen molar-refractivity contribution in [2.24, 2.45) is 0 Å². The topological polar surface area (TPSA) is 29.1 Å². The van der Waals surface area contributed by atoms with Crippen molar-refractivity contribution in [2.75, 3.05) is 0 Å². The van der Waals surface area contributed by atoms with Crippen LogP contribution in [0.5, 0.6) is 0 Å². The summed E-state index contributed by atoms with van der Waals surface area (Å²) in [5.74, 6) is -0.222. The van der Waals surface area contributed by atoms with Crippen molar-refractivity contribution < 1.29 is 18.0 Å². The summed E-state index contributed by atoms with van der Waals surface area (Å²) in [5.41, 5.74) is -0.0753. The molecule has 0 aromatic heterocycles. The summed E-state index contributed by atoms with van der Waals surface area (Å²) in [6.07, 6.45) is -4.34. The molecule has 0 aliphatic carbocycles. The van der Waals surface area contributed by atoms with E-state index in [0.717, 1.165) is 12.1 Å². The molecule has 0 bridgehead atoms. The van der Waals surface area contributed by atoms with Gasteiger partial charge >= 0.3 is 6.18 Å². The maximum atomic E-state index is 12.4. The number of carbonyl (C=O) groups is 1. The highest BCUT2D eigenvalue weighted by atomic mass is 79.9. The van der Waals surface area contributed by atoms with Crippen LogP contribution in [0.25, 0.3) is 0 Å². The molecule has 0 spiro atoms. The molecule has 1 aromatic carbocycles. The maximum Gasteiger partial charge on any atom is 0.416 e. The summed E-state index contributed by atoms with van der Waals surface area (Å²) in [5, 5.41) is 2.73. The van der Waals surface area contributed by atoms with Crippen LogP contribution in [0.3, 0.4) is 0 Å². The van der Waals surface area contributed by atoms with E-state index in [4.69, 9.17) is 0 Å². The van der Waals surface area contributed by atoms with Crippen LogP contribution in [0, 0.1) is 0 Å². The smallest absolute Gasteiger partial charge is 0.348 e. The molecule has 19 heavy (non-hydrogen) atoms. The van der Waals surface area contributed by atoms with Gasteiger partial charge < -0.3 is 5.32 Å². The van der Waals surface area contributed by atoms with Crippen LogP contribution in [0.2, 0.25) is 0 Å². The Morgan fingerprint density at radius 2 is 1.68 bits per heavy atom. The zero-order valence-electron chi connectivity index (χ0n) is 10.8. The van der Waals surface area contributed by atoms with Gasteiger partial charge in [-0.15, -0.1) is 0 Å². The van der Waals surface area contributed by atoms with Gasteiger partial charge in [0, 0.05) is 0 Å². The fraction of sp³-hybridized carbons (Fsp3) is 0.462. The lowest BCUT2D eigenvalue weighted by Gasteiger charge is -2.21. The lowest BCUT2D eigenvalue weighted by Crippen LogP contribution is -2.38. The normalized spacial score (nSPS) is 14.1. The van der Waals surface area contributed by atoms with Crippen molar-refractivity contribution in [3.63, 3.8) is 0 Å². The number of rotatable bonds is 3. The molecule has 0 fully saturated rings. The molecule has 0 aliphatic rings. The highest BCUT2D eigenvalue weighted by Gasteiger charge is 2.30. The lowest BCUT2D eigenvalue weighted by molar-refractivity contribution is -0.137. The van der Waals surface area contributed by atoms with Crippen LogP contribution in [-0.2, 0) is 11.0 Å². The second kappa shape index (κ2) is 5.53. The van der Waals surface area contributed by atoms with Gasteiger partial charge in [0.2, 0.25) is 5.91 Å². The van der Waals surface area contributed by atoms with Crippen LogP contribution < -0.4 is 5.32 Å². The molecular weight excluding hydrogens is 323 g/mol. The molecule has 6 heteroatoms. The summed E-state index contributed by atoms with van der Waals surface area (Å²) >= 11 is 3.22. The first-order valence-corrected chi connectivity index (χ1v) is 6.48. The molecule has 0 heterocycles. The van der Waals surface area contributed by atoms with Crippen LogP contribution >= 0.6 is 15.9 Å². The fourth-order valence-corrected chi connectivity index (χ4v) is 1.53. The molecule has 2 nitrogen and oxygen atoms in total. The monoisotopic (exact) mass is 337 g/mol. The lowest BCUT2D eigenvalue weighted by atomic mass is 10.0. The van der Waals surface area contributed by atoms with Crippen LogP contribution in [0.1, 0.15) is 37.9 Å². The van der Waals surface area contributed by atoms with E-state index in [1.165, 1.54) is 12.1 Å². The van der Waals surface area contributed by atoms with Crippen molar-refractivity contribution in [1.29, 1.82) is 0 Å². The SMILES string of the molecule is CC(NC(=O)C(C)(C)Br)c1ccc(C(F)(F)F)cc1. The molecule has 1 amide bonds. The van der Waals surface area contributed by atoms with Gasteiger partial charge in [0.05, 0.1) is 15.9 Å². The molecule has 106 valence electrons. The Balaban J connectivity index is 2.79. The molecule has 0 saturated carbocycles. The number of carbonyl (C=O) groups excluding carboxylic acids is 1. The molecule has 0 radical (unpaired) electrons. The summed E-state index contributed by atoms with van der Waals surface area (Å²) in [7, 11) is 0. The standard InChI is InChI=1S/C13H15BrF3NO/c1-8(18-11(19)12(2,3)14)9-4-6-10(7-5-9)13(15,16)17/h4-8H,1-3H3,(H,18,19). The minimum atomic E-state index is -4.34. The number of amides is 1. The number of nitrogens with one attached hydrogen (secondary N) is 1. The van der Waals surface area contributed by atoms with E-state index in [1.54, 1.807) is 20.8 Å². The third-order valence-corrected chi connectivity index (χ3v) is 2.99. The summed E-state index contributed by atoms with van der Waals surface area (Å²) in [6.45, 7) is 5.11. The Morgan fingerprint density at radius 1 is 1.21 bits per heavy atom. The van der Waals surface area contributed by atoms with Gasteiger partial charge in [0.15, 0.2) is 0 Å². The third-order valence-electron chi connectivity index (χ3n) is 2.63. The number of benzene rings is 1. The van der Waals surface area contributed by atoms with E-state index in [-0.39, 0.29) is 11.9 Å². The highest BCUT2D eigenvalue weighted by Crippen LogP contribution is 2.30. The van der Waals surface area contributed by atoms with Gasteiger partial charge in [-0.1, -0.05) is 28.1 Å². The van der Waals surface area contributed by atoms with Crippen LogP contribution in [0.15, 0.2) is 24.3 Å². The molecule has 1 rings (SSSR count). The second-order valence-electron chi connectivity index (χ2n) is 4.79. The Kier molecular flexibility index (Phi) is 4.66. The zero-order valence-corrected chi connectivity index (χ0v) is 12.4. The van der Waals surface area contributed by atoms with Crippen molar-refractivity contribution in [2.45, 2.75) is 37.3 Å². The van der Waals surface area contributed by atoms with E-state index in [2.05, 4.69) is 21.2 Å². The summed E-state index contributed by atoms with van der Waals surface area (Å²) < 4.78 is 36.5. The molecule has 0 saturated heterocycles. The molecular formula is C13H15BrF3NO. The predicted molar refractivity (Wildman–Crippen MR) is 71.0 cm³/mol. The predicted octanol–water partition coefficient (Wildman–Crippen LogP) is 4.06. The van der Waals surface area contributed by atoms with Gasteiger partial charge in [-0.2, -0.15) is 13.2 Å².